The summed E-state index contributed by atoms with van der Waals surface area (Å²) in [4.78, 5) is 0. The van der Waals surface area contributed by atoms with Gasteiger partial charge in [0.05, 0.1) is 14.2 Å². The van der Waals surface area contributed by atoms with Crippen LogP contribution in [0.4, 0.5) is 0 Å². The first-order valence-electron chi connectivity index (χ1n) is 6.80. The van der Waals surface area contributed by atoms with Crippen LogP contribution in [0.1, 0.15) is 24.8 Å². The Morgan fingerprint density at radius 3 is 2.40 bits per heavy atom. The van der Waals surface area contributed by atoms with Crippen LogP contribution in [0, 0.1) is 0 Å². The summed E-state index contributed by atoms with van der Waals surface area (Å²) in [6.07, 6.45) is 6.23. The summed E-state index contributed by atoms with van der Waals surface area (Å²) in [5.41, 5.74) is 1.19. The fraction of sp³-hybridized carbons (Fsp3) is 0.600. The maximum atomic E-state index is 5.35. The van der Waals surface area contributed by atoms with E-state index in [0.29, 0.717) is 4.75 Å². The lowest BCUT2D eigenvalue weighted by Crippen LogP contribution is -2.43. The number of methoxy groups -OCH3 is 2. The molecule has 20 heavy (non-hydrogen) atoms. The Morgan fingerprint density at radius 1 is 1.25 bits per heavy atom. The molecular weight excluding hydrogens is 338 g/mol. The van der Waals surface area contributed by atoms with E-state index in [2.05, 4.69) is 27.5 Å². The van der Waals surface area contributed by atoms with Crippen LogP contribution in [0.2, 0.25) is 0 Å². The van der Waals surface area contributed by atoms with Gasteiger partial charge in [-0.15, -0.1) is 0 Å². The molecule has 5 heteroatoms. The molecule has 1 N–H and O–H groups in total. The zero-order valence-corrected chi connectivity index (χ0v) is 14.7. The minimum atomic E-state index is 0.461. The van der Waals surface area contributed by atoms with Crippen LogP contribution in [0.25, 0.3) is 0 Å². The molecule has 1 aromatic carbocycles. The van der Waals surface area contributed by atoms with Crippen molar-refractivity contribution in [2.24, 2.45) is 0 Å². The van der Waals surface area contributed by atoms with E-state index >= 15 is 0 Å². The number of thioether (sulfide) groups is 1. The van der Waals surface area contributed by atoms with E-state index < -0.39 is 0 Å². The number of nitrogens with one attached hydrogen (secondary N) is 1. The largest absolute Gasteiger partial charge is 0.493 e. The lowest BCUT2D eigenvalue weighted by atomic mass is 9.84. The summed E-state index contributed by atoms with van der Waals surface area (Å²) in [6, 6.07) is 3.99. The van der Waals surface area contributed by atoms with Gasteiger partial charge >= 0.3 is 0 Å². The second-order valence-corrected chi connectivity index (χ2v) is 7.27. The van der Waals surface area contributed by atoms with E-state index in [1.54, 1.807) is 14.2 Å². The first kappa shape index (κ1) is 16.0. The summed E-state index contributed by atoms with van der Waals surface area (Å²) < 4.78 is 12.2. The zero-order valence-electron chi connectivity index (χ0n) is 12.3. The molecule has 1 fully saturated rings. The molecule has 2 rings (SSSR count). The van der Waals surface area contributed by atoms with Crippen molar-refractivity contribution in [2.45, 2.75) is 30.6 Å². The van der Waals surface area contributed by atoms with Gasteiger partial charge in [-0.2, -0.15) is 11.8 Å². The Labute approximate surface area is 133 Å². The van der Waals surface area contributed by atoms with Crippen LogP contribution in [-0.4, -0.2) is 31.8 Å². The Bertz CT molecular complexity index is 458. The van der Waals surface area contributed by atoms with Crippen LogP contribution in [0.15, 0.2) is 16.6 Å². The van der Waals surface area contributed by atoms with Crippen molar-refractivity contribution in [3.05, 3.63) is 22.2 Å². The maximum absolute atomic E-state index is 5.35. The maximum Gasteiger partial charge on any atom is 0.161 e. The number of hydrogen-bond acceptors (Lipinski definition) is 4. The third kappa shape index (κ3) is 3.43. The second kappa shape index (κ2) is 7.05. The van der Waals surface area contributed by atoms with E-state index in [4.69, 9.17) is 9.47 Å². The molecule has 1 aliphatic carbocycles. The standard InChI is InChI=1S/C15H22BrNO2S/c1-18-13-7-11(12(16)8-14(13)19-2)9-17-10-15(20-3)5-4-6-15/h7-8,17H,4-6,9-10H2,1-3H3. The molecule has 0 aliphatic heterocycles. The second-order valence-electron chi connectivity index (χ2n) is 5.14. The van der Waals surface area contributed by atoms with Crippen molar-refractivity contribution >= 4 is 27.7 Å². The number of rotatable bonds is 7. The number of hydrogen-bond donors (Lipinski definition) is 1. The van der Waals surface area contributed by atoms with E-state index in [9.17, 15) is 0 Å². The van der Waals surface area contributed by atoms with E-state index in [1.807, 2.05) is 23.9 Å². The number of ether oxygens (including phenoxy) is 2. The monoisotopic (exact) mass is 359 g/mol. The lowest BCUT2D eigenvalue weighted by molar-refractivity contribution is 0.344. The van der Waals surface area contributed by atoms with E-state index in [1.165, 1.54) is 24.8 Å². The highest BCUT2D eigenvalue weighted by Gasteiger charge is 2.35. The Hall–Kier alpha value is -0.390. The van der Waals surface area contributed by atoms with Gasteiger partial charge in [-0.05, 0) is 36.8 Å². The SMILES string of the molecule is COc1cc(Br)c(CNCC2(SC)CCC2)cc1OC. The molecule has 0 aromatic heterocycles. The van der Waals surface area contributed by atoms with Crippen molar-refractivity contribution in [1.82, 2.24) is 5.32 Å². The van der Waals surface area contributed by atoms with E-state index in [0.717, 1.165) is 29.1 Å². The summed E-state index contributed by atoms with van der Waals surface area (Å²) in [5, 5.41) is 3.58. The third-order valence-electron chi connectivity index (χ3n) is 4.01. The minimum Gasteiger partial charge on any atom is -0.493 e. The van der Waals surface area contributed by atoms with E-state index in [-0.39, 0.29) is 0 Å². The van der Waals surface area contributed by atoms with Gasteiger partial charge in [0.25, 0.3) is 0 Å². The predicted molar refractivity (Wildman–Crippen MR) is 89.0 cm³/mol. The molecular formula is C15H22BrNO2S. The normalized spacial score (nSPS) is 16.6. The van der Waals surface area contributed by atoms with Gasteiger partial charge in [0.2, 0.25) is 0 Å². The molecule has 1 aliphatic rings. The van der Waals surface area contributed by atoms with Crippen molar-refractivity contribution in [1.29, 1.82) is 0 Å². The van der Waals surface area contributed by atoms with Gasteiger partial charge in [0, 0.05) is 22.3 Å². The molecule has 1 aromatic rings. The van der Waals surface area contributed by atoms with Crippen LogP contribution in [0.5, 0.6) is 11.5 Å². The van der Waals surface area contributed by atoms with Gasteiger partial charge < -0.3 is 14.8 Å². The number of benzene rings is 1. The van der Waals surface area contributed by atoms with Crippen molar-refractivity contribution in [2.75, 3.05) is 27.0 Å². The Morgan fingerprint density at radius 2 is 1.90 bits per heavy atom. The first-order valence-corrected chi connectivity index (χ1v) is 8.82. The average molecular weight is 360 g/mol. The topological polar surface area (TPSA) is 30.5 Å². The fourth-order valence-corrected chi connectivity index (χ4v) is 3.89. The highest BCUT2D eigenvalue weighted by Crippen LogP contribution is 2.42. The molecule has 0 radical (unpaired) electrons. The van der Waals surface area contributed by atoms with Gasteiger partial charge in [0.15, 0.2) is 11.5 Å². The molecule has 0 amide bonds. The molecule has 0 spiro atoms. The quantitative estimate of drug-likeness (QED) is 0.800. The molecule has 0 saturated heterocycles. The van der Waals surface area contributed by atoms with Crippen molar-refractivity contribution < 1.29 is 9.47 Å². The highest BCUT2D eigenvalue weighted by atomic mass is 79.9. The summed E-state index contributed by atoms with van der Waals surface area (Å²) in [5.74, 6) is 1.53. The Balaban J connectivity index is 1.98. The third-order valence-corrected chi connectivity index (χ3v) is 6.17. The van der Waals surface area contributed by atoms with Gasteiger partial charge in [-0.3, -0.25) is 0 Å². The number of halogens is 1. The molecule has 112 valence electrons. The van der Waals surface area contributed by atoms with Crippen LogP contribution >= 0.6 is 27.7 Å². The average Bonchev–Trinajstić information content (AvgIpc) is 2.42. The van der Waals surface area contributed by atoms with Crippen LogP contribution < -0.4 is 14.8 Å². The van der Waals surface area contributed by atoms with Gasteiger partial charge in [0.1, 0.15) is 0 Å². The smallest absolute Gasteiger partial charge is 0.161 e. The fourth-order valence-electron chi connectivity index (χ4n) is 2.48. The summed E-state index contributed by atoms with van der Waals surface area (Å²) in [6.45, 7) is 1.90. The van der Waals surface area contributed by atoms with Crippen LogP contribution in [0.3, 0.4) is 0 Å². The van der Waals surface area contributed by atoms with Crippen LogP contribution in [-0.2, 0) is 6.54 Å². The molecule has 1 saturated carbocycles. The zero-order chi connectivity index (χ0) is 14.6. The Kier molecular flexibility index (Phi) is 5.64. The van der Waals surface area contributed by atoms with Crippen molar-refractivity contribution in [3.8, 4) is 11.5 Å². The minimum absolute atomic E-state index is 0.461. The summed E-state index contributed by atoms with van der Waals surface area (Å²) >= 11 is 5.59. The predicted octanol–water partition coefficient (Wildman–Crippen LogP) is 3.84. The van der Waals surface area contributed by atoms with Gasteiger partial charge in [-0.1, -0.05) is 22.4 Å². The molecule has 0 heterocycles. The summed E-state index contributed by atoms with van der Waals surface area (Å²) in [7, 11) is 3.32. The van der Waals surface area contributed by atoms with Crippen molar-refractivity contribution in [3.63, 3.8) is 0 Å². The molecule has 3 nitrogen and oxygen atoms in total. The van der Waals surface area contributed by atoms with Gasteiger partial charge in [-0.25, -0.2) is 0 Å². The molecule has 0 unspecified atom stereocenters. The lowest BCUT2D eigenvalue weighted by Gasteiger charge is -2.40. The highest BCUT2D eigenvalue weighted by molar-refractivity contribution is 9.10. The molecule has 0 bridgehead atoms. The molecule has 0 atom stereocenters. The first-order chi connectivity index (χ1) is 9.64.